The molecule has 0 saturated carbocycles. The van der Waals surface area contributed by atoms with E-state index in [1.807, 2.05) is 18.2 Å². The van der Waals surface area contributed by atoms with Gasteiger partial charge >= 0.3 is 0 Å². The van der Waals surface area contributed by atoms with E-state index in [1.54, 1.807) is 11.8 Å². The zero-order valence-electron chi connectivity index (χ0n) is 18.7. The van der Waals surface area contributed by atoms with Crippen LogP contribution in [0.4, 0.5) is 5.69 Å². The van der Waals surface area contributed by atoms with Gasteiger partial charge in [0.05, 0.1) is 0 Å². The van der Waals surface area contributed by atoms with E-state index in [1.165, 1.54) is 70.5 Å². The monoisotopic (exact) mass is 447 g/mol. The SMILES string of the molecule is c1ccc(-c2nc(SCCCN3CCC4(CC3)CCN(c3ccccc3)CC4)n[nH]2)cc1. The molecule has 2 fully saturated rings. The molecule has 1 spiro atoms. The van der Waals surface area contributed by atoms with Crippen LogP contribution in [0.1, 0.15) is 32.1 Å². The van der Waals surface area contributed by atoms with Gasteiger partial charge in [-0.2, -0.15) is 0 Å². The lowest BCUT2D eigenvalue weighted by Crippen LogP contribution is -2.47. The predicted octanol–water partition coefficient (Wildman–Crippen LogP) is 5.34. The van der Waals surface area contributed by atoms with Crippen LogP contribution in [-0.2, 0) is 0 Å². The van der Waals surface area contributed by atoms with E-state index in [2.05, 4.69) is 67.4 Å². The van der Waals surface area contributed by atoms with Gasteiger partial charge in [-0.15, -0.1) is 5.10 Å². The number of anilines is 1. The zero-order valence-corrected chi connectivity index (χ0v) is 19.6. The summed E-state index contributed by atoms with van der Waals surface area (Å²) in [7, 11) is 0. The zero-order chi connectivity index (χ0) is 21.6. The van der Waals surface area contributed by atoms with E-state index in [-0.39, 0.29) is 0 Å². The molecule has 5 nitrogen and oxygen atoms in total. The van der Waals surface area contributed by atoms with Crippen molar-refractivity contribution in [3.05, 3.63) is 60.7 Å². The van der Waals surface area contributed by atoms with Crippen LogP contribution in [0, 0.1) is 5.41 Å². The fourth-order valence-corrected chi connectivity index (χ4v) is 5.84. The number of nitrogens with zero attached hydrogens (tertiary/aromatic N) is 4. The Bertz CT molecular complexity index is 956. The maximum absolute atomic E-state index is 4.63. The number of H-pyrrole nitrogens is 1. The van der Waals surface area contributed by atoms with Crippen LogP contribution in [0.5, 0.6) is 0 Å². The highest BCUT2D eigenvalue weighted by Crippen LogP contribution is 2.42. The largest absolute Gasteiger partial charge is 0.371 e. The van der Waals surface area contributed by atoms with Crippen LogP contribution in [0.15, 0.2) is 65.8 Å². The normalized spacial score (nSPS) is 18.8. The number of likely N-dealkylation sites (tertiary alicyclic amines) is 1. The Labute approximate surface area is 195 Å². The Morgan fingerprint density at radius 2 is 1.50 bits per heavy atom. The lowest BCUT2D eigenvalue weighted by atomic mass is 9.71. The van der Waals surface area contributed by atoms with Crippen molar-refractivity contribution in [1.82, 2.24) is 20.1 Å². The Balaban J connectivity index is 1.01. The lowest BCUT2D eigenvalue weighted by molar-refractivity contribution is 0.0802. The summed E-state index contributed by atoms with van der Waals surface area (Å²) in [5.41, 5.74) is 3.06. The van der Waals surface area contributed by atoms with Gasteiger partial charge in [0.15, 0.2) is 5.82 Å². The Morgan fingerprint density at radius 3 is 2.22 bits per heavy atom. The molecule has 1 aromatic heterocycles. The van der Waals surface area contributed by atoms with E-state index in [0.717, 1.165) is 22.3 Å². The molecule has 2 aromatic carbocycles. The number of rotatable bonds is 7. The van der Waals surface area contributed by atoms with Crippen molar-refractivity contribution in [3.8, 4) is 11.4 Å². The van der Waals surface area contributed by atoms with E-state index < -0.39 is 0 Å². The first-order chi connectivity index (χ1) is 15.8. The number of aromatic nitrogens is 3. The van der Waals surface area contributed by atoms with Crippen molar-refractivity contribution in [1.29, 1.82) is 0 Å². The second-order valence-corrected chi connectivity index (χ2v) is 10.3. The number of benzene rings is 2. The average molecular weight is 448 g/mol. The third kappa shape index (κ3) is 5.18. The summed E-state index contributed by atoms with van der Waals surface area (Å²) in [5.74, 6) is 1.92. The van der Waals surface area contributed by atoms with Crippen molar-refractivity contribution in [2.45, 2.75) is 37.3 Å². The summed E-state index contributed by atoms with van der Waals surface area (Å²) in [6.07, 6.45) is 6.61. The van der Waals surface area contributed by atoms with Crippen molar-refractivity contribution in [2.24, 2.45) is 5.41 Å². The quantitative estimate of drug-likeness (QED) is 0.391. The highest BCUT2D eigenvalue weighted by atomic mass is 32.2. The van der Waals surface area contributed by atoms with Gasteiger partial charge in [-0.05, 0) is 69.3 Å². The minimum absolute atomic E-state index is 0.587. The molecule has 0 bridgehead atoms. The molecule has 1 N–H and O–H groups in total. The second kappa shape index (κ2) is 10.1. The minimum Gasteiger partial charge on any atom is -0.371 e. The molecule has 6 heteroatoms. The van der Waals surface area contributed by atoms with Gasteiger partial charge in [-0.25, -0.2) is 4.98 Å². The van der Waals surface area contributed by atoms with Crippen molar-refractivity contribution in [3.63, 3.8) is 0 Å². The summed E-state index contributed by atoms with van der Waals surface area (Å²) in [5, 5.41) is 8.29. The number of para-hydroxylation sites is 1. The second-order valence-electron chi connectivity index (χ2n) is 9.20. The average Bonchev–Trinajstić information content (AvgIpc) is 3.34. The van der Waals surface area contributed by atoms with Crippen LogP contribution in [0.3, 0.4) is 0 Å². The summed E-state index contributed by atoms with van der Waals surface area (Å²) >= 11 is 1.76. The molecule has 5 rings (SSSR count). The first-order valence-electron chi connectivity index (χ1n) is 11.9. The molecule has 0 aliphatic carbocycles. The highest BCUT2D eigenvalue weighted by Gasteiger charge is 2.37. The topological polar surface area (TPSA) is 48.1 Å². The van der Waals surface area contributed by atoms with Crippen LogP contribution >= 0.6 is 11.8 Å². The van der Waals surface area contributed by atoms with Gasteiger partial charge in [0.25, 0.3) is 0 Å². The third-order valence-corrected chi connectivity index (χ3v) is 8.16. The van der Waals surface area contributed by atoms with Gasteiger partial charge in [-0.3, -0.25) is 5.10 Å². The molecule has 3 aromatic rings. The summed E-state index contributed by atoms with van der Waals surface area (Å²) in [6, 6.07) is 21.1. The molecule has 2 aliphatic rings. The Kier molecular flexibility index (Phi) is 6.79. The van der Waals surface area contributed by atoms with E-state index in [9.17, 15) is 0 Å². The molecule has 2 aliphatic heterocycles. The number of aromatic amines is 1. The Hall–Kier alpha value is -2.31. The highest BCUT2D eigenvalue weighted by molar-refractivity contribution is 7.99. The van der Waals surface area contributed by atoms with Gasteiger partial charge in [0, 0.05) is 30.1 Å². The Morgan fingerprint density at radius 1 is 0.844 bits per heavy atom. The number of hydrogen-bond donors (Lipinski definition) is 1. The van der Waals surface area contributed by atoms with Gasteiger partial charge < -0.3 is 9.80 Å². The lowest BCUT2D eigenvalue weighted by Gasteiger charge is -2.47. The van der Waals surface area contributed by atoms with Gasteiger partial charge in [-0.1, -0.05) is 60.3 Å². The van der Waals surface area contributed by atoms with Gasteiger partial charge in [0.1, 0.15) is 0 Å². The maximum atomic E-state index is 4.63. The minimum atomic E-state index is 0.587. The summed E-state index contributed by atoms with van der Waals surface area (Å²) in [4.78, 5) is 9.87. The molecule has 2 saturated heterocycles. The molecule has 0 radical (unpaired) electrons. The maximum Gasteiger partial charge on any atom is 0.208 e. The predicted molar refractivity (Wildman–Crippen MR) is 133 cm³/mol. The fraction of sp³-hybridized carbons (Fsp3) is 0.462. The number of nitrogens with one attached hydrogen (secondary N) is 1. The van der Waals surface area contributed by atoms with Crippen molar-refractivity contribution >= 4 is 17.4 Å². The van der Waals surface area contributed by atoms with Gasteiger partial charge in [0.2, 0.25) is 5.16 Å². The first kappa shape index (κ1) is 21.5. The first-order valence-corrected chi connectivity index (χ1v) is 12.9. The number of piperidine rings is 2. The van der Waals surface area contributed by atoms with E-state index in [0.29, 0.717) is 5.41 Å². The fourth-order valence-electron chi connectivity index (χ4n) is 5.12. The smallest absolute Gasteiger partial charge is 0.208 e. The summed E-state index contributed by atoms with van der Waals surface area (Å²) in [6.45, 7) is 6.13. The molecule has 0 atom stereocenters. The van der Waals surface area contributed by atoms with Crippen LogP contribution in [0.25, 0.3) is 11.4 Å². The number of thioether (sulfide) groups is 1. The molecule has 168 valence electrons. The molecule has 0 unspecified atom stereocenters. The van der Waals surface area contributed by atoms with E-state index >= 15 is 0 Å². The number of hydrogen-bond acceptors (Lipinski definition) is 5. The van der Waals surface area contributed by atoms with E-state index in [4.69, 9.17) is 0 Å². The molecular weight excluding hydrogens is 414 g/mol. The third-order valence-electron chi connectivity index (χ3n) is 7.22. The van der Waals surface area contributed by atoms with Crippen molar-refractivity contribution < 1.29 is 0 Å². The molecule has 3 heterocycles. The summed E-state index contributed by atoms with van der Waals surface area (Å²) < 4.78 is 0. The molecular formula is C26H33N5S. The van der Waals surface area contributed by atoms with Crippen LogP contribution < -0.4 is 4.90 Å². The van der Waals surface area contributed by atoms with Crippen molar-refractivity contribution in [2.75, 3.05) is 43.4 Å². The van der Waals surface area contributed by atoms with Crippen LogP contribution in [0.2, 0.25) is 0 Å². The van der Waals surface area contributed by atoms with Crippen LogP contribution in [-0.4, -0.2) is 58.6 Å². The molecule has 0 amide bonds. The standard InChI is InChI=1S/C26H33N5S/c1-3-8-22(9-4-1)24-27-25(29-28-24)32-21-7-16-30-17-12-26(13-18-30)14-19-31(20-15-26)23-10-5-2-6-11-23/h1-6,8-11H,7,12-21H2,(H,27,28,29). The molecule has 32 heavy (non-hydrogen) atoms.